The minimum atomic E-state index is -0.275. The molecule has 0 N–H and O–H groups in total. The molecule has 2 aromatic rings. The minimum absolute atomic E-state index is 0.0152. The molecular weight excluding hydrogens is 341 g/mol. The molecule has 1 heterocycles. The van der Waals surface area contributed by atoms with Crippen LogP contribution in [0.3, 0.4) is 0 Å². The molecule has 0 saturated carbocycles. The van der Waals surface area contributed by atoms with Gasteiger partial charge in [0.15, 0.2) is 11.5 Å². The lowest BCUT2D eigenvalue weighted by Gasteiger charge is -2.17. The zero-order valence-electron chi connectivity index (χ0n) is 14.0. The highest BCUT2D eigenvalue weighted by Crippen LogP contribution is 2.33. The van der Waals surface area contributed by atoms with Crippen molar-refractivity contribution < 1.29 is 18.7 Å². The first-order valence-corrected chi connectivity index (χ1v) is 9.11. The topological polar surface area (TPSA) is 38.8 Å². The van der Waals surface area contributed by atoms with Gasteiger partial charge in [-0.15, -0.1) is 11.8 Å². The highest BCUT2D eigenvalue weighted by atomic mass is 32.2. The van der Waals surface area contributed by atoms with Crippen molar-refractivity contribution in [3.8, 4) is 11.5 Å². The van der Waals surface area contributed by atoms with E-state index in [1.165, 1.54) is 23.9 Å². The number of nitrogens with zero attached hydrogens (tertiary/aromatic N) is 1. The number of halogens is 1. The summed E-state index contributed by atoms with van der Waals surface area (Å²) in [6.07, 6.45) is 0.865. The largest absolute Gasteiger partial charge is 0.490 e. The Balaban J connectivity index is 1.54. The lowest BCUT2D eigenvalue weighted by Crippen LogP contribution is -2.27. The first kappa shape index (κ1) is 17.6. The summed E-state index contributed by atoms with van der Waals surface area (Å²) >= 11 is 1.46. The monoisotopic (exact) mass is 361 g/mol. The maximum absolute atomic E-state index is 12.9. The molecule has 0 unspecified atom stereocenters. The van der Waals surface area contributed by atoms with Gasteiger partial charge in [0.05, 0.1) is 19.0 Å². The van der Waals surface area contributed by atoms with Gasteiger partial charge in [0.2, 0.25) is 5.91 Å². The van der Waals surface area contributed by atoms with Crippen LogP contribution in [-0.4, -0.2) is 36.8 Å². The molecule has 0 spiro atoms. The average Bonchev–Trinajstić information content (AvgIpc) is 2.86. The smallest absolute Gasteiger partial charge is 0.232 e. The second kappa shape index (κ2) is 8.25. The van der Waals surface area contributed by atoms with E-state index in [2.05, 4.69) is 0 Å². The van der Waals surface area contributed by atoms with Crippen molar-refractivity contribution >= 4 is 17.7 Å². The second-order valence-corrected chi connectivity index (χ2v) is 6.87. The summed E-state index contributed by atoms with van der Waals surface area (Å²) in [6, 6.07) is 11.9. The molecule has 6 heteroatoms. The molecule has 132 valence electrons. The van der Waals surface area contributed by atoms with E-state index in [1.807, 2.05) is 18.2 Å². The van der Waals surface area contributed by atoms with E-state index in [4.69, 9.17) is 9.47 Å². The summed E-state index contributed by atoms with van der Waals surface area (Å²) in [5.41, 5.74) is 0.901. The first-order valence-electron chi connectivity index (χ1n) is 8.13. The van der Waals surface area contributed by atoms with Crippen molar-refractivity contribution in [2.24, 2.45) is 0 Å². The molecule has 1 aliphatic rings. The van der Waals surface area contributed by atoms with Gasteiger partial charge in [0.25, 0.3) is 0 Å². The molecular formula is C19H20FNO3S. The minimum Gasteiger partial charge on any atom is -0.490 e. The molecule has 2 aromatic carbocycles. The third-order valence-electron chi connectivity index (χ3n) is 3.84. The predicted molar refractivity (Wildman–Crippen MR) is 95.6 cm³/mol. The summed E-state index contributed by atoms with van der Waals surface area (Å²) in [7, 11) is 1.75. The fourth-order valence-corrected chi connectivity index (χ4v) is 3.31. The van der Waals surface area contributed by atoms with Crippen LogP contribution in [0.2, 0.25) is 0 Å². The Hall–Kier alpha value is -2.21. The fraction of sp³-hybridized carbons (Fsp3) is 0.316. The van der Waals surface area contributed by atoms with Gasteiger partial charge in [0.1, 0.15) is 5.82 Å². The van der Waals surface area contributed by atoms with Gasteiger partial charge in [-0.2, -0.15) is 0 Å². The normalized spacial score (nSPS) is 13.2. The highest BCUT2D eigenvalue weighted by Gasteiger charge is 2.13. The molecule has 0 aliphatic carbocycles. The Kier molecular flexibility index (Phi) is 5.81. The van der Waals surface area contributed by atoms with Crippen molar-refractivity contribution in [2.45, 2.75) is 17.9 Å². The van der Waals surface area contributed by atoms with Crippen LogP contribution in [0.5, 0.6) is 11.5 Å². The third kappa shape index (κ3) is 4.89. The summed E-state index contributed by atoms with van der Waals surface area (Å²) < 4.78 is 24.2. The molecule has 1 amide bonds. The fourth-order valence-electron chi connectivity index (χ4n) is 2.44. The number of fused-ring (bicyclic) bond motifs is 1. The zero-order valence-corrected chi connectivity index (χ0v) is 14.9. The molecule has 4 nitrogen and oxygen atoms in total. The van der Waals surface area contributed by atoms with Gasteiger partial charge in [-0.3, -0.25) is 4.79 Å². The van der Waals surface area contributed by atoms with Gasteiger partial charge in [-0.05, 0) is 35.9 Å². The Bertz CT molecular complexity index is 736. The first-order chi connectivity index (χ1) is 12.1. The van der Waals surface area contributed by atoms with Crippen molar-refractivity contribution in [1.29, 1.82) is 0 Å². The van der Waals surface area contributed by atoms with Crippen LogP contribution in [0.15, 0.2) is 47.4 Å². The number of thioether (sulfide) groups is 1. The lowest BCUT2D eigenvalue weighted by molar-refractivity contribution is -0.127. The predicted octanol–water partition coefficient (Wildman–Crippen LogP) is 3.74. The molecule has 25 heavy (non-hydrogen) atoms. The van der Waals surface area contributed by atoms with Crippen molar-refractivity contribution in [2.75, 3.05) is 26.0 Å². The molecule has 0 saturated heterocycles. The molecule has 0 atom stereocenters. The number of ether oxygens (including phenoxy) is 2. The summed E-state index contributed by atoms with van der Waals surface area (Å²) in [4.78, 5) is 14.9. The van der Waals surface area contributed by atoms with Crippen LogP contribution < -0.4 is 9.47 Å². The van der Waals surface area contributed by atoms with E-state index in [-0.39, 0.29) is 11.7 Å². The summed E-state index contributed by atoms with van der Waals surface area (Å²) in [6.45, 7) is 1.76. The Morgan fingerprint density at radius 3 is 2.60 bits per heavy atom. The SMILES string of the molecule is CN(Cc1ccc(F)cc1)C(=O)CSc1ccc2c(c1)OCCCO2. The average molecular weight is 361 g/mol. The quantitative estimate of drug-likeness (QED) is 0.761. The third-order valence-corrected chi connectivity index (χ3v) is 4.82. The van der Waals surface area contributed by atoms with E-state index in [9.17, 15) is 9.18 Å². The standard InChI is InChI=1S/C19H20FNO3S/c1-21(12-14-3-5-15(20)6-4-14)19(22)13-25-16-7-8-17-18(11-16)24-10-2-9-23-17/h3-8,11H,2,9-10,12-13H2,1H3. The number of amides is 1. The zero-order chi connectivity index (χ0) is 17.6. The molecule has 0 radical (unpaired) electrons. The van der Waals surface area contributed by atoms with Crippen LogP contribution in [0.25, 0.3) is 0 Å². The van der Waals surface area contributed by atoms with Gasteiger partial charge >= 0.3 is 0 Å². The van der Waals surface area contributed by atoms with Gasteiger partial charge < -0.3 is 14.4 Å². The van der Waals surface area contributed by atoms with E-state index in [0.29, 0.717) is 25.5 Å². The Labute approximate surface area is 150 Å². The van der Waals surface area contributed by atoms with E-state index in [0.717, 1.165) is 28.4 Å². The number of carbonyl (C=O) groups is 1. The molecule has 0 bridgehead atoms. The molecule has 3 rings (SSSR count). The van der Waals surface area contributed by atoms with Gasteiger partial charge in [-0.25, -0.2) is 4.39 Å². The van der Waals surface area contributed by atoms with E-state index >= 15 is 0 Å². The van der Waals surface area contributed by atoms with Crippen LogP contribution in [0.4, 0.5) is 4.39 Å². The summed E-state index contributed by atoms with van der Waals surface area (Å²) in [5.74, 6) is 1.55. The van der Waals surface area contributed by atoms with Gasteiger partial charge in [0, 0.05) is 24.9 Å². The summed E-state index contributed by atoms with van der Waals surface area (Å²) in [5, 5.41) is 0. The molecule has 1 aliphatic heterocycles. The van der Waals surface area contributed by atoms with E-state index in [1.54, 1.807) is 24.1 Å². The molecule has 0 fully saturated rings. The number of hydrogen-bond acceptors (Lipinski definition) is 4. The second-order valence-electron chi connectivity index (χ2n) is 5.82. The number of benzene rings is 2. The van der Waals surface area contributed by atoms with Gasteiger partial charge in [-0.1, -0.05) is 12.1 Å². The Morgan fingerprint density at radius 1 is 1.12 bits per heavy atom. The van der Waals surface area contributed by atoms with E-state index < -0.39 is 0 Å². The van der Waals surface area contributed by atoms with Crippen molar-refractivity contribution in [1.82, 2.24) is 4.90 Å². The molecule has 0 aromatic heterocycles. The van der Waals surface area contributed by atoms with Crippen LogP contribution in [0, 0.1) is 5.82 Å². The van der Waals surface area contributed by atoms with Crippen LogP contribution >= 0.6 is 11.8 Å². The number of rotatable bonds is 5. The number of hydrogen-bond donors (Lipinski definition) is 0. The highest BCUT2D eigenvalue weighted by molar-refractivity contribution is 8.00. The van der Waals surface area contributed by atoms with Crippen molar-refractivity contribution in [3.63, 3.8) is 0 Å². The van der Waals surface area contributed by atoms with Crippen molar-refractivity contribution in [3.05, 3.63) is 53.8 Å². The maximum atomic E-state index is 12.9. The Morgan fingerprint density at radius 2 is 1.84 bits per heavy atom. The van der Waals surface area contributed by atoms with Crippen LogP contribution in [-0.2, 0) is 11.3 Å². The maximum Gasteiger partial charge on any atom is 0.232 e. The lowest BCUT2D eigenvalue weighted by atomic mass is 10.2. The van der Waals surface area contributed by atoms with Crippen LogP contribution in [0.1, 0.15) is 12.0 Å². The number of carbonyl (C=O) groups excluding carboxylic acids is 1.